The summed E-state index contributed by atoms with van der Waals surface area (Å²) in [5.41, 5.74) is 0. The van der Waals surface area contributed by atoms with Gasteiger partial charge in [0.05, 0.1) is 6.07 Å². The maximum absolute atomic E-state index is 12.3. The van der Waals surface area contributed by atoms with Crippen LogP contribution in [0.5, 0.6) is 0 Å². The van der Waals surface area contributed by atoms with Crippen LogP contribution < -0.4 is 0 Å². The number of hydrogen-bond donors (Lipinski definition) is 0. The summed E-state index contributed by atoms with van der Waals surface area (Å²) >= 11 is 3.18. The van der Waals surface area contributed by atoms with Crippen molar-refractivity contribution in [3.8, 4) is 6.07 Å². The number of nitriles is 1. The minimum Gasteiger partial charge on any atom is -0.262 e. The Morgan fingerprint density at radius 1 is 1.53 bits per heavy atom. The third-order valence-electron chi connectivity index (χ3n) is 2.64. The molecule has 7 heteroatoms. The first kappa shape index (κ1) is 12.5. The van der Waals surface area contributed by atoms with Gasteiger partial charge in [-0.25, -0.2) is 8.42 Å². The van der Waals surface area contributed by atoms with Crippen molar-refractivity contribution in [3.05, 3.63) is 22.9 Å². The van der Waals surface area contributed by atoms with E-state index in [4.69, 9.17) is 5.26 Å². The van der Waals surface area contributed by atoms with Crippen LogP contribution in [0.2, 0.25) is 0 Å². The number of pyridine rings is 1. The smallest absolute Gasteiger partial charge is 0.245 e. The third kappa shape index (κ3) is 2.34. The highest BCUT2D eigenvalue weighted by atomic mass is 79.9. The molecule has 1 aliphatic rings. The van der Waals surface area contributed by atoms with E-state index in [1.807, 2.05) is 6.07 Å². The average Bonchev–Trinajstić information content (AvgIpc) is 2.77. The summed E-state index contributed by atoms with van der Waals surface area (Å²) in [6.07, 6.45) is 4.13. The minimum absolute atomic E-state index is 0.119. The van der Waals surface area contributed by atoms with Gasteiger partial charge in [-0.15, -0.1) is 0 Å². The lowest BCUT2D eigenvalue weighted by Gasteiger charge is -2.18. The molecule has 17 heavy (non-hydrogen) atoms. The average molecular weight is 316 g/mol. The Hall–Kier alpha value is -0.970. The first-order valence-electron chi connectivity index (χ1n) is 5.08. The predicted octanol–water partition coefficient (Wildman–Crippen LogP) is 1.52. The maximum Gasteiger partial charge on any atom is 0.245 e. The van der Waals surface area contributed by atoms with Crippen LogP contribution in [0.25, 0.3) is 0 Å². The van der Waals surface area contributed by atoms with Crippen molar-refractivity contribution in [2.45, 2.75) is 23.8 Å². The zero-order valence-corrected chi connectivity index (χ0v) is 11.3. The van der Waals surface area contributed by atoms with Gasteiger partial charge in [-0.1, -0.05) is 0 Å². The molecule has 0 bridgehead atoms. The summed E-state index contributed by atoms with van der Waals surface area (Å²) in [7, 11) is -3.60. The van der Waals surface area contributed by atoms with Gasteiger partial charge in [0, 0.05) is 23.4 Å². The lowest BCUT2D eigenvalue weighted by molar-refractivity contribution is 0.437. The van der Waals surface area contributed by atoms with E-state index < -0.39 is 16.1 Å². The quantitative estimate of drug-likeness (QED) is 0.829. The number of rotatable bonds is 2. The summed E-state index contributed by atoms with van der Waals surface area (Å²) in [5, 5.41) is 8.92. The molecule has 0 spiro atoms. The molecule has 0 aromatic carbocycles. The summed E-state index contributed by atoms with van der Waals surface area (Å²) in [6, 6.07) is 2.96. The van der Waals surface area contributed by atoms with Gasteiger partial charge in [-0.05, 0) is 34.8 Å². The van der Waals surface area contributed by atoms with Crippen LogP contribution in [0, 0.1) is 11.3 Å². The number of aromatic nitrogens is 1. The normalized spacial score (nSPS) is 21.3. The van der Waals surface area contributed by atoms with E-state index in [0.717, 1.165) is 6.42 Å². The van der Waals surface area contributed by atoms with Gasteiger partial charge >= 0.3 is 0 Å². The second kappa shape index (κ2) is 4.72. The Morgan fingerprint density at radius 3 is 2.94 bits per heavy atom. The third-order valence-corrected chi connectivity index (χ3v) is 4.95. The van der Waals surface area contributed by atoms with Crippen molar-refractivity contribution >= 4 is 26.0 Å². The minimum atomic E-state index is -3.60. The molecule has 0 N–H and O–H groups in total. The van der Waals surface area contributed by atoms with Crippen LogP contribution in [-0.2, 0) is 10.0 Å². The van der Waals surface area contributed by atoms with Crippen molar-refractivity contribution in [1.82, 2.24) is 9.29 Å². The molecule has 1 aliphatic heterocycles. The first-order valence-corrected chi connectivity index (χ1v) is 7.31. The number of nitrogens with zero attached hydrogens (tertiary/aromatic N) is 3. The lowest BCUT2D eigenvalue weighted by Crippen LogP contribution is -2.34. The fraction of sp³-hybridized carbons (Fsp3) is 0.400. The van der Waals surface area contributed by atoms with Gasteiger partial charge in [0.2, 0.25) is 10.0 Å². The molecule has 1 atom stereocenters. The highest BCUT2D eigenvalue weighted by Gasteiger charge is 2.35. The summed E-state index contributed by atoms with van der Waals surface area (Å²) in [5.74, 6) is 0. The van der Waals surface area contributed by atoms with E-state index in [2.05, 4.69) is 20.9 Å². The van der Waals surface area contributed by atoms with Crippen LogP contribution in [0.1, 0.15) is 12.8 Å². The van der Waals surface area contributed by atoms with Crippen LogP contribution in [0.4, 0.5) is 0 Å². The molecule has 1 saturated heterocycles. The Labute approximate surface area is 108 Å². The molecule has 1 aromatic heterocycles. The second-order valence-corrected chi connectivity index (χ2v) is 6.55. The Morgan fingerprint density at radius 2 is 2.29 bits per heavy atom. The van der Waals surface area contributed by atoms with E-state index in [0.29, 0.717) is 17.4 Å². The maximum atomic E-state index is 12.3. The molecule has 2 heterocycles. The Balaban J connectivity index is 2.40. The van der Waals surface area contributed by atoms with E-state index in [1.54, 1.807) is 0 Å². The summed E-state index contributed by atoms with van der Waals surface area (Å²) in [6.45, 7) is 0.396. The highest BCUT2D eigenvalue weighted by molar-refractivity contribution is 9.10. The molecule has 0 radical (unpaired) electrons. The fourth-order valence-electron chi connectivity index (χ4n) is 1.83. The van der Waals surface area contributed by atoms with Gasteiger partial charge in [-0.3, -0.25) is 4.98 Å². The molecule has 90 valence electrons. The monoisotopic (exact) mass is 315 g/mol. The SMILES string of the molecule is N#CC1CCCN1S(=O)(=O)c1cncc(Br)c1. The molecular formula is C10H10BrN3O2S. The topological polar surface area (TPSA) is 74.1 Å². The zero-order chi connectivity index (χ0) is 12.5. The molecule has 0 saturated carbocycles. The van der Waals surface area contributed by atoms with Crippen LogP contribution in [0.3, 0.4) is 0 Å². The Kier molecular flexibility index (Phi) is 3.47. The van der Waals surface area contributed by atoms with E-state index >= 15 is 0 Å². The highest BCUT2D eigenvalue weighted by Crippen LogP contribution is 2.26. The number of hydrogen-bond acceptors (Lipinski definition) is 4. The van der Waals surface area contributed by atoms with Crippen LogP contribution in [0.15, 0.2) is 27.8 Å². The molecular weight excluding hydrogens is 306 g/mol. The number of halogens is 1. The first-order chi connectivity index (χ1) is 8.05. The van der Waals surface area contributed by atoms with Crippen LogP contribution >= 0.6 is 15.9 Å². The van der Waals surface area contributed by atoms with Crippen molar-refractivity contribution in [2.75, 3.05) is 6.54 Å². The lowest BCUT2D eigenvalue weighted by atomic mass is 10.2. The molecule has 1 fully saturated rings. The standard InChI is InChI=1S/C10H10BrN3O2S/c11-8-4-10(7-13-6-8)17(15,16)14-3-1-2-9(14)5-12/h4,6-7,9H,1-3H2. The van der Waals surface area contributed by atoms with Crippen molar-refractivity contribution in [3.63, 3.8) is 0 Å². The van der Waals surface area contributed by atoms with Gasteiger partial charge in [0.15, 0.2) is 0 Å². The van der Waals surface area contributed by atoms with Gasteiger partial charge in [0.1, 0.15) is 10.9 Å². The molecule has 0 amide bonds. The fourth-order valence-corrected chi connectivity index (χ4v) is 3.94. The van der Waals surface area contributed by atoms with Crippen LogP contribution in [-0.4, -0.2) is 30.3 Å². The van der Waals surface area contributed by atoms with Crippen molar-refractivity contribution in [1.29, 1.82) is 5.26 Å². The predicted molar refractivity (Wildman–Crippen MR) is 64.5 cm³/mol. The molecule has 2 rings (SSSR count). The molecule has 1 aromatic rings. The van der Waals surface area contributed by atoms with Crippen molar-refractivity contribution in [2.24, 2.45) is 0 Å². The summed E-state index contributed by atoms with van der Waals surface area (Å²) in [4.78, 5) is 3.96. The summed E-state index contributed by atoms with van der Waals surface area (Å²) < 4.78 is 26.4. The van der Waals surface area contributed by atoms with Gasteiger partial charge < -0.3 is 0 Å². The van der Waals surface area contributed by atoms with Gasteiger partial charge in [0.25, 0.3) is 0 Å². The second-order valence-electron chi connectivity index (χ2n) is 3.74. The van der Waals surface area contributed by atoms with Crippen molar-refractivity contribution < 1.29 is 8.42 Å². The van der Waals surface area contributed by atoms with Gasteiger partial charge in [-0.2, -0.15) is 9.57 Å². The van der Waals surface area contributed by atoms with E-state index in [-0.39, 0.29) is 4.90 Å². The molecule has 5 nitrogen and oxygen atoms in total. The number of sulfonamides is 1. The largest absolute Gasteiger partial charge is 0.262 e. The van der Waals surface area contributed by atoms with E-state index in [1.165, 1.54) is 22.8 Å². The van der Waals surface area contributed by atoms with E-state index in [9.17, 15) is 8.42 Å². The molecule has 0 aliphatic carbocycles. The Bertz CT molecular complexity index is 567. The zero-order valence-electron chi connectivity index (χ0n) is 8.88. The molecule has 1 unspecified atom stereocenters.